The Labute approximate surface area is 104 Å². The predicted octanol–water partition coefficient (Wildman–Crippen LogP) is 0.855. The smallest absolute Gasteiger partial charge is 0.237 e. The lowest BCUT2D eigenvalue weighted by Crippen LogP contribution is -2.57. The fourth-order valence-corrected chi connectivity index (χ4v) is 2.93. The highest BCUT2D eigenvalue weighted by Crippen LogP contribution is 2.25. The van der Waals surface area contributed by atoms with Crippen molar-refractivity contribution in [2.45, 2.75) is 70.1 Å². The van der Waals surface area contributed by atoms with E-state index in [9.17, 15) is 4.79 Å². The quantitative estimate of drug-likeness (QED) is 0.765. The summed E-state index contributed by atoms with van der Waals surface area (Å²) < 4.78 is 0. The zero-order valence-electron chi connectivity index (χ0n) is 11.0. The molecule has 1 saturated heterocycles. The maximum absolute atomic E-state index is 12.1. The molecule has 17 heavy (non-hydrogen) atoms. The Hall–Kier alpha value is -0.610. The van der Waals surface area contributed by atoms with Crippen LogP contribution in [0.3, 0.4) is 0 Å². The molecule has 3 unspecified atom stereocenters. The Balaban J connectivity index is 1.97. The summed E-state index contributed by atoms with van der Waals surface area (Å²) >= 11 is 0. The van der Waals surface area contributed by atoms with E-state index in [0.717, 1.165) is 19.3 Å². The Bertz CT molecular complexity index is 278. The summed E-state index contributed by atoms with van der Waals surface area (Å²) in [6.07, 6.45) is 5.83. The molecule has 1 heterocycles. The first kappa shape index (κ1) is 12.8. The van der Waals surface area contributed by atoms with Gasteiger partial charge in [-0.3, -0.25) is 9.69 Å². The van der Waals surface area contributed by atoms with Crippen molar-refractivity contribution in [2.75, 3.05) is 6.54 Å². The van der Waals surface area contributed by atoms with Crippen LogP contribution < -0.4 is 11.1 Å². The Kier molecular flexibility index (Phi) is 4.05. The summed E-state index contributed by atoms with van der Waals surface area (Å²) in [4.78, 5) is 14.4. The van der Waals surface area contributed by atoms with Crippen LogP contribution in [0.25, 0.3) is 0 Å². The number of hydrogen-bond acceptors (Lipinski definition) is 3. The zero-order valence-corrected chi connectivity index (χ0v) is 11.0. The average molecular weight is 239 g/mol. The van der Waals surface area contributed by atoms with E-state index >= 15 is 0 Å². The molecule has 0 aromatic rings. The number of hydrogen-bond donors (Lipinski definition) is 2. The number of carbonyl (C=O) groups excluding carboxylic acids is 1. The third-order valence-electron chi connectivity index (χ3n) is 4.11. The number of nitrogens with two attached hydrogens (primary N) is 1. The number of rotatable bonds is 4. The first-order chi connectivity index (χ1) is 8.13. The van der Waals surface area contributed by atoms with Gasteiger partial charge >= 0.3 is 0 Å². The van der Waals surface area contributed by atoms with Crippen LogP contribution in [0, 0.1) is 0 Å². The standard InChI is InChI=1S/C13H25N3O/c1-9-4-3-5-12(8-14)16(9)10(2)13(17)15-11-6-7-11/h9-12H,3-8,14H2,1-2H3,(H,15,17). The van der Waals surface area contributed by atoms with E-state index in [2.05, 4.69) is 17.1 Å². The molecule has 3 N–H and O–H groups in total. The molecule has 98 valence electrons. The van der Waals surface area contributed by atoms with Gasteiger partial charge in [0, 0.05) is 24.7 Å². The predicted molar refractivity (Wildman–Crippen MR) is 68.6 cm³/mol. The molecule has 2 aliphatic rings. The first-order valence-corrected chi connectivity index (χ1v) is 6.91. The van der Waals surface area contributed by atoms with Crippen LogP contribution in [0.5, 0.6) is 0 Å². The molecular formula is C13H25N3O. The van der Waals surface area contributed by atoms with Crippen molar-refractivity contribution in [3.8, 4) is 0 Å². The SMILES string of the molecule is CC1CCCC(CN)N1C(C)C(=O)NC1CC1. The lowest BCUT2D eigenvalue weighted by Gasteiger charge is -2.43. The van der Waals surface area contributed by atoms with Crippen LogP contribution in [0.2, 0.25) is 0 Å². The van der Waals surface area contributed by atoms with E-state index in [1.54, 1.807) is 0 Å². The van der Waals surface area contributed by atoms with Gasteiger partial charge in [-0.05, 0) is 39.5 Å². The summed E-state index contributed by atoms with van der Waals surface area (Å²) in [5, 5.41) is 3.09. The van der Waals surface area contributed by atoms with Gasteiger partial charge in [-0.2, -0.15) is 0 Å². The zero-order chi connectivity index (χ0) is 12.4. The second-order valence-corrected chi connectivity index (χ2v) is 5.58. The van der Waals surface area contributed by atoms with Crippen LogP contribution in [0.4, 0.5) is 0 Å². The lowest BCUT2D eigenvalue weighted by atomic mass is 9.94. The van der Waals surface area contributed by atoms with Gasteiger partial charge in [-0.25, -0.2) is 0 Å². The van der Waals surface area contributed by atoms with Gasteiger partial charge in [0.05, 0.1) is 6.04 Å². The lowest BCUT2D eigenvalue weighted by molar-refractivity contribution is -0.128. The Morgan fingerprint density at radius 2 is 2.12 bits per heavy atom. The van der Waals surface area contributed by atoms with E-state index in [1.807, 2.05) is 6.92 Å². The summed E-state index contributed by atoms with van der Waals surface area (Å²) in [5.41, 5.74) is 5.83. The van der Waals surface area contributed by atoms with E-state index in [1.165, 1.54) is 12.8 Å². The molecule has 0 aromatic carbocycles. The van der Waals surface area contributed by atoms with Gasteiger partial charge in [0.25, 0.3) is 0 Å². The fourth-order valence-electron chi connectivity index (χ4n) is 2.93. The molecule has 0 spiro atoms. The molecule has 4 nitrogen and oxygen atoms in total. The normalized spacial score (nSPS) is 32.2. The highest BCUT2D eigenvalue weighted by atomic mass is 16.2. The van der Waals surface area contributed by atoms with Crippen molar-refractivity contribution >= 4 is 5.91 Å². The van der Waals surface area contributed by atoms with Crippen molar-refractivity contribution in [3.05, 3.63) is 0 Å². The molecule has 1 aliphatic carbocycles. The molecular weight excluding hydrogens is 214 g/mol. The van der Waals surface area contributed by atoms with E-state index in [0.29, 0.717) is 24.7 Å². The molecule has 0 aromatic heterocycles. The maximum Gasteiger partial charge on any atom is 0.237 e. The molecule has 1 amide bonds. The molecule has 2 rings (SSSR count). The molecule has 1 aliphatic heterocycles. The Morgan fingerprint density at radius 1 is 1.41 bits per heavy atom. The summed E-state index contributed by atoms with van der Waals surface area (Å²) in [5.74, 6) is 0.180. The average Bonchev–Trinajstić information content (AvgIpc) is 3.11. The Morgan fingerprint density at radius 3 is 2.71 bits per heavy atom. The topological polar surface area (TPSA) is 58.4 Å². The fraction of sp³-hybridized carbons (Fsp3) is 0.923. The molecule has 0 bridgehead atoms. The third-order valence-corrected chi connectivity index (χ3v) is 4.11. The van der Waals surface area contributed by atoms with E-state index in [-0.39, 0.29) is 11.9 Å². The van der Waals surface area contributed by atoms with Crippen molar-refractivity contribution in [1.29, 1.82) is 0 Å². The number of piperidine rings is 1. The second-order valence-electron chi connectivity index (χ2n) is 5.58. The second kappa shape index (κ2) is 5.36. The molecule has 1 saturated carbocycles. The minimum absolute atomic E-state index is 0.0422. The van der Waals surface area contributed by atoms with Crippen LogP contribution in [0.15, 0.2) is 0 Å². The van der Waals surface area contributed by atoms with Crippen LogP contribution in [-0.4, -0.2) is 41.5 Å². The molecule has 0 radical (unpaired) electrons. The number of carbonyl (C=O) groups is 1. The van der Waals surface area contributed by atoms with Crippen molar-refractivity contribution < 1.29 is 4.79 Å². The third kappa shape index (κ3) is 2.99. The maximum atomic E-state index is 12.1. The van der Waals surface area contributed by atoms with Gasteiger partial charge in [0.2, 0.25) is 5.91 Å². The van der Waals surface area contributed by atoms with Gasteiger partial charge in [0.15, 0.2) is 0 Å². The van der Waals surface area contributed by atoms with Crippen molar-refractivity contribution in [3.63, 3.8) is 0 Å². The number of amides is 1. The van der Waals surface area contributed by atoms with Gasteiger partial charge < -0.3 is 11.1 Å². The van der Waals surface area contributed by atoms with Gasteiger partial charge in [-0.15, -0.1) is 0 Å². The van der Waals surface area contributed by atoms with Gasteiger partial charge in [0.1, 0.15) is 0 Å². The summed E-state index contributed by atoms with van der Waals surface area (Å²) in [6, 6.07) is 1.25. The van der Waals surface area contributed by atoms with Gasteiger partial charge in [-0.1, -0.05) is 6.42 Å². The van der Waals surface area contributed by atoms with Crippen molar-refractivity contribution in [1.82, 2.24) is 10.2 Å². The minimum atomic E-state index is -0.0422. The highest BCUT2D eigenvalue weighted by molar-refractivity contribution is 5.82. The minimum Gasteiger partial charge on any atom is -0.352 e. The summed E-state index contributed by atoms with van der Waals surface area (Å²) in [7, 11) is 0. The summed E-state index contributed by atoms with van der Waals surface area (Å²) in [6.45, 7) is 4.89. The van der Waals surface area contributed by atoms with Crippen LogP contribution >= 0.6 is 0 Å². The highest BCUT2D eigenvalue weighted by Gasteiger charge is 2.35. The monoisotopic (exact) mass is 239 g/mol. The van der Waals surface area contributed by atoms with E-state index in [4.69, 9.17) is 5.73 Å². The van der Waals surface area contributed by atoms with E-state index < -0.39 is 0 Å². The number of likely N-dealkylation sites (tertiary alicyclic amines) is 1. The van der Waals surface area contributed by atoms with Crippen molar-refractivity contribution in [2.24, 2.45) is 5.73 Å². The van der Waals surface area contributed by atoms with Crippen LogP contribution in [-0.2, 0) is 4.79 Å². The molecule has 2 fully saturated rings. The molecule has 3 atom stereocenters. The number of nitrogens with zero attached hydrogens (tertiary/aromatic N) is 1. The molecule has 4 heteroatoms. The van der Waals surface area contributed by atoms with Crippen LogP contribution in [0.1, 0.15) is 46.0 Å². The largest absolute Gasteiger partial charge is 0.352 e. The number of nitrogens with one attached hydrogen (secondary N) is 1. The first-order valence-electron chi connectivity index (χ1n) is 6.91.